The molecular formula is C19H14NO6S-. The highest BCUT2D eigenvalue weighted by molar-refractivity contribution is 8.19. The number of thioether (sulfide) groups is 1. The van der Waals surface area contributed by atoms with Gasteiger partial charge in [-0.05, 0) is 36.0 Å². The molecule has 2 aromatic carbocycles. The van der Waals surface area contributed by atoms with Crippen LogP contribution in [0.3, 0.4) is 0 Å². The first-order chi connectivity index (χ1) is 13.0. The Balaban J connectivity index is 1.93. The maximum Gasteiger partial charge on any atom is 0.298 e. The van der Waals surface area contributed by atoms with Crippen LogP contribution >= 0.6 is 11.8 Å². The number of benzene rings is 2. The molecule has 0 unspecified atom stereocenters. The van der Waals surface area contributed by atoms with Crippen molar-refractivity contribution in [2.75, 3.05) is 18.6 Å². The third-order valence-electron chi connectivity index (χ3n) is 3.67. The van der Waals surface area contributed by atoms with Crippen LogP contribution in [0.2, 0.25) is 0 Å². The van der Waals surface area contributed by atoms with E-state index in [-0.39, 0.29) is 10.7 Å². The van der Waals surface area contributed by atoms with E-state index in [0.717, 1.165) is 16.7 Å². The molecule has 0 spiro atoms. The van der Waals surface area contributed by atoms with Crippen molar-refractivity contribution in [3.05, 3.63) is 59.0 Å². The van der Waals surface area contributed by atoms with Crippen LogP contribution < -0.4 is 19.5 Å². The van der Waals surface area contributed by atoms with E-state index >= 15 is 0 Å². The number of carboxylic acids is 1. The first-order valence-corrected chi connectivity index (χ1v) is 8.65. The van der Waals surface area contributed by atoms with E-state index in [2.05, 4.69) is 0 Å². The summed E-state index contributed by atoms with van der Waals surface area (Å²) in [5.41, 5.74) is 0.830. The molecule has 0 saturated carbocycles. The van der Waals surface area contributed by atoms with E-state index in [0.29, 0.717) is 17.0 Å². The maximum atomic E-state index is 12.8. The summed E-state index contributed by atoms with van der Waals surface area (Å²) in [4.78, 5) is 37.0. The summed E-state index contributed by atoms with van der Waals surface area (Å²) in [6.45, 7) is -0.618. The second-order valence-electron chi connectivity index (χ2n) is 5.39. The Morgan fingerprint density at radius 2 is 1.78 bits per heavy atom. The lowest BCUT2D eigenvalue weighted by Crippen LogP contribution is -2.29. The quantitative estimate of drug-likeness (QED) is 0.704. The fourth-order valence-corrected chi connectivity index (χ4v) is 3.32. The summed E-state index contributed by atoms with van der Waals surface area (Å²) >= 11 is 0.783. The molecule has 1 fully saturated rings. The molecule has 1 aliphatic heterocycles. The van der Waals surface area contributed by atoms with E-state index < -0.39 is 23.7 Å². The second kappa shape index (κ2) is 7.96. The highest BCUT2D eigenvalue weighted by Crippen LogP contribution is 2.40. The van der Waals surface area contributed by atoms with Gasteiger partial charge in [-0.25, -0.2) is 4.90 Å². The van der Waals surface area contributed by atoms with Gasteiger partial charge in [-0.3, -0.25) is 9.59 Å². The summed E-state index contributed by atoms with van der Waals surface area (Å²) in [5.74, 6) is -1.19. The molecule has 0 N–H and O–H groups in total. The minimum Gasteiger partial charge on any atom is -0.546 e. The predicted octanol–water partition coefficient (Wildman–Crippen LogP) is 2.06. The number of hydrogen-bond donors (Lipinski definition) is 0. The highest BCUT2D eigenvalue weighted by atomic mass is 32.2. The van der Waals surface area contributed by atoms with Gasteiger partial charge in [0.05, 0.1) is 23.7 Å². The minimum absolute atomic E-state index is 0.190. The third kappa shape index (κ3) is 3.95. The number of hydrogen-bond acceptors (Lipinski definition) is 7. The van der Waals surface area contributed by atoms with Crippen LogP contribution in [0, 0.1) is 0 Å². The lowest BCUT2D eigenvalue weighted by atomic mass is 10.2. The summed E-state index contributed by atoms with van der Waals surface area (Å²) in [7, 11) is 1.46. The van der Waals surface area contributed by atoms with Crippen molar-refractivity contribution in [2.45, 2.75) is 0 Å². The van der Waals surface area contributed by atoms with Crippen LogP contribution in [0.1, 0.15) is 5.56 Å². The van der Waals surface area contributed by atoms with Gasteiger partial charge >= 0.3 is 0 Å². The number of para-hydroxylation sites is 3. The number of amides is 2. The Labute approximate surface area is 159 Å². The van der Waals surface area contributed by atoms with Crippen LogP contribution in [0.25, 0.3) is 6.08 Å². The molecular weight excluding hydrogens is 370 g/mol. The van der Waals surface area contributed by atoms with Crippen LogP contribution in [0.5, 0.6) is 11.5 Å². The van der Waals surface area contributed by atoms with Crippen LogP contribution in [-0.4, -0.2) is 30.8 Å². The molecule has 0 bridgehead atoms. The van der Waals surface area contributed by atoms with Crippen LogP contribution in [-0.2, 0) is 9.59 Å². The number of carbonyl (C=O) groups is 3. The zero-order valence-electron chi connectivity index (χ0n) is 14.2. The number of carboxylic acid groups (broad SMARTS) is 1. The number of rotatable bonds is 6. The third-order valence-corrected chi connectivity index (χ3v) is 4.54. The molecule has 2 aromatic rings. The lowest BCUT2D eigenvalue weighted by Gasteiger charge is -2.15. The number of nitrogens with zero attached hydrogens (tertiary/aromatic N) is 1. The Bertz CT molecular complexity index is 939. The van der Waals surface area contributed by atoms with Crippen molar-refractivity contribution >= 4 is 40.6 Å². The van der Waals surface area contributed by atoms with Gasteiger partial charge in [0.2, 0.25) is 0 Å². The van der Waals surface area contributed by atoms with Crippen LogP contribution in [0.4, 0.5) is 10.5 Å². The van der Waals surface area contributed by atoms with Gasteiger partial charge in [-0.2, -0.15) is 0 Å². The Morgan fingerprint density at radius 3 is 2.48 bits per heavy atom. The van der Waals surface area contributed by atoms with Crippen molar-refractivity contribution in [1.29, 1.82) is 0 Å². The van der Waals surface area contributed by atoms with E-state index in [9.17, 15) is 19.5 Å². The SMILES string of the molecule is COc1ccccc1N1C(=O)S/C(=C\c2ccccc2OCC(=O)[O-])C1=O. The first kappa shape index (κ1) is 18.5. The standard InChI is InChI=1S/C19H15NO6S/c1-25-15-9-5-3-7-13(15)20-18(23)16(27-19(20)24)10-12-6-2-4-8-14(12)26-11-17(21)22/h2-10H,11H2,1H3,(H,21,22)/p-1/b16-10-. The Kier molecular flexibility index (Phi) is 5.46. The van der Waals surface area contributed by atoms with E-state index in [1.807, 2.05) is 0 Å². The Morgan fingerprint density at radius 1 is 1.11 bits per heavy atom. The van der Waals surface area contributed by atoms with Crippen molar-refractivity contribution < 1.29 is 29.0 Å². The number of carbonyl (C=O) groups excluding carboxylic acids is 3. The van der Waals surface area contributed by atoms with E-state index in [1.165, 1.54) is 13.2 Å². The van der Waals surface area contributed by atoms with Gasteiger partial charge in [-0.1, -0.05) is 30.3 Å². The molecule has 0 aliphatic carbocycles. The van der Waals surface area contributed by atoms with Gasteiger partial charge in [0.25, 0.3) is 11.1 Å². The summed E-state index contributed by atoms with van der Waals surface area (Å²) in [6, 6.07) is 13.3. The van der Waals surface area contributed by atoms with E-state index in [1.54, 1.807) is 48.5 Å². The monoisotopic (exact) mass is 384 g/mol. The molecule has 0 radical (unpaired) electrons. The van der Waals surface area contributed by atoms with Crippen LogP contribution in [0.15, 0.2) is 53.4 Å². The lowest BCUT2D eigenvalue weighted by molar-refractivity contribution is -0.307. The second-order valence-corrected chi connectivity index (χ2v) is 6.38. The smallest absolute Gasteiger partial charge is 0.298 e. The zero-order chi connectivity index (χ0) is 19.4. The summed E-state index contributed by atoms with van der Waals surface area (Å²) in [6.07, 6.45) is 1.49. The van der Waals surface area contributed by atoms with Crippen molar-refractivity contribution in [1.82, 2.24) is 0 Å². The maximum absolute atomic E-state index is 12.8. The van der Waals surface area contributed by atoms with Crippen molar-refractivity contribution in [2.24, 2.45) is 0 Å². The minimum atomic E-state index is -1.36. The largest absolute Gasteiger partial charge is 0.546 e. The molecule has 27 heavy (non-hydrogen) atoms. The van der Waals surface area contributed by atoms with Crippen molar-refractivity contribution in [3.8, 4) is 11.5 Å². The average Bonchev–Trinajstić information content (AvgIpc) is 2.94. The number of aliphatic carboxylic acids is 1. The number of imide groups is 1. The topological polar surface area (TPSA) is 96.0 Å². The summed E-state index contributed by atoms with van der Waals surface area (Å²) < 4.78 is 10.4. The number of ether oxygens (including phenoxy) is 2. The number of methoxy groups -OCH3 is 1. The molecule has 2 amide bonds. The Hall–Kier alpha value is -3.26. The number of anilines is 1. The van der Waals surface area contributed by atoms with Gasteiger partial charge in [0, 0.05) is 5.56 Å². The molecule has 8 heteroatoms. The van der Waals surface area contributed by atoms with Crippen molar-refractivity contribution in [3.63, 3.8) is 0 Å². The predicted molar refractivity (Wildman–Crippen MR) is 98.4 cm³/mol. The zero-order valence-corrected chi connectivity index (χ0v) is 15.0. The van der Waals surface area contributed by atoms with Gasteiger partial charge in [0.15, 0.2) is 0 Å². The highest BCUT2D eigenvalue weighted by Gasteiger charge is 2.37. The van der Waals surface area contributed by atoms with Gasteiger partial charge in [-0.15, -0.1) is 0 Å². The fraction of sp³-hybridized carbons (Fsp3) is 0.105. The van der Waals surface area contributed by atoms with Gasteiger partial charge < -0.3 is 19.4 Å². The van der Waals surface area contributed by atoms with E-state index in [4.69, 9.17) is 9.47 Å². The van der Waals surface area contributed by atoms with Gasteiger partial charge in [0.1, 0.15) is 18.1 Å². The molecule has 1 heterocycles. The fourth-order valence-electron chi connectivity index (χ4n) is 2.50. The first-order valence-electron chi connectivity index (χ1n) is 7.84. The molecule has 3 rings (SSSR count). The summed E-state index contributed by atoms with van der Waals surface area (Å²) in [5, 5.41) is 10.2. The molecule has 7 nitrogen and oxygen atoms in total. The molecule has 0 atom stereocenters. The normalized spacial score (nSPS) is 15.3. The molecule has 0 aromatic heterocycles. The average molecular weight is 384 g/mol. The molecule has 1 saturated heterocycles. The molecule has 138 valence electrons. The molecule has 1 aliphatic rings.